The third kappa shape index (κ3) is 3.45. The van der Waals surface area contributed by atoms with Crippen molar-refractivity contribution in [3.05, 3.63) is 23.3 Å². The molecule has 0 spiro atoms. The number of rotatable bonds is 5. The quantitative estimate of drug-likeness (QED) is 0.764. The van der Waals surface area contributed by atoms with Crippen molar-refractivity contribution in [1.82, 2.24) is 9.97 Å². The van der Waals surface area contributed by atoms with Crippen LogP contribution in [0.1, 0.15) is 43.0 Å². The van der Waals surface area contributed by atoms with Crippen LogP contribution in [0, 0.1) is 5.92 Å². The highest BCUT2D eigenvalue weighted by Gasteiger charge is 2.39. The van der Waals surface area contributed by atoms with E-state index in [0.717, 1.165) is 12.8 Å². The first-order valence-electron chi connectivity index (χ1n) is 6.08. The van der Waals surface area contributed by atoms with Crippen molar-refractivity contribution < 1.29 is 17.9 Å². The molecule has 1 aliphatic rings. The topological polar surface area (TPSA) is 35.0 Å². The molecule has 2 rings (SSSR count). The van der Waals surface area contributed by atoms with Gasteiger partial charge < -0.3 is 4.74 Å². The van der Waals surface area contributed by atoms with Gasteiger partial charge in [0, 0.05) is 23.7 Å². The van der Waals surface area contributed by atoms with Crippen molar-refractivity contribution in [3.8, 4) is 0 Å². The lowest BCUT2D eigenvalue weighted by Gasteiger charge is -2.17. The Kier molecular flexibility index (Phi) is 4.45. The maximum atomic E-state index is 12.9. The van der Waals surface area contributed by atoms with Crippen molar-refractivity contribution >= 4 is 15.9 Å². The fraction of sp³-hybridized carbons (Fsp3) is 0.667. The van der Waals surface area contributed by atoms with Crippen LogP contribution in [0.5, 0.6) is 0 Å². The molecule has 1 atom stereocenters. The third-order valence-corrected chi connectivity index (χ3v) is 3.55. The fourth-order valence-electron chi connectivity index (χ4n) is 1.90. The van der Waals surface area contributed by atoms with E-state index >= 15 is 0 Å². The van der Waals surface area contributed by atoms with Gasteiger partial charge in [-0.1, -0.05) is 15.9 Å². The minimum absolute atomic E-state index is 0.0438. The molecule has 1 aromatic heterocycles. The lowest BCUT2D eigenvalue weighted by molar-refractivity contribution is -0.142. The summed E-state index contributed by atoms with van der Waals surface area (Å²) in [5.74, 6) is 0.386. The fourth-order valence-corrected chi connectivity index (χ4v) is 2.31. The van der Waals surface area contributed by atoms with Crippen LogP contribution in [0.15, 0.2) is 6.20 Å². The highest BCUT2D eigenvalue weighted by atomic mass is 79.9. The molecule has 0 aliphatic heterocycles. The second-order valence-corrected chi connectivity index (χ2v) is 5.01. The van der Waals surface area contributed by atoms with E-state index in [4.69, 9.17) is 4.74 Å². The summed E-state index contributed by atoms with van der Waals surface area (Å²) in [4.78, 5) is 7.74. The van der Waals surface area contributed by atoms with Crippen LogP contribution in [0.25, 0.3) is 0 Å². The number of nitrogens with zero attached hydrogens (tertiary/aromatic N) is 2. The van der Waals surface area contributed by atoms with Crippen LogP contribution in [0.2, 0.25) is 0 Å². The van der Waals surface area contributed by atoms with Gasteiger partial charge >= 0.3 is 6.18 Å². The molecule has 0 saturated heterocycles. The van der Waals surface area contributed by atoms with Gasteiger partial charge in [0.05, 0.1) is 0 Å². The van der Waals surface area contributed by atoms with Crippen molar-refractivity contribution in [2.75, 3.05) is 6.61 Å². The summed E-state index contributed by atoms with van der Waals surface area (Å²) in [5, 5.41) is 0.0743. The zero-order chi connectivity index (χ0) is 14.0. The van der Waals surface area contributed by atoms with Crippen LogP contribution < -0.4 is 0 Å². The first-order chi connectivity index (χ1) is 8.97. The smallest absolute Gasteiger partial charge is 0.370 e. The molecule has 1 heterocycles. The number of aromatic nitrogens is 2. The lowest BCUT2D eigenvalue weighted by Crippen LogP contribution is -2.18. The van der Waals surface area contributed by atoms with Gasteiger partial charge in [-0.15, -0.1) is 0 Å². The summed E-state index contributed by atoms with van der Waals surface area (Å²) in [6.45, 7) is 2.25. The molecule has 7 heteroatoms. The van der Waals surface area contributed by atoms with Gasteiger partial charge in [-0.05, 0) is 25.7 Å². The molecule has 0 amide bonds. The standard InChI is InChI=1S/C12H14BrF3N2O/c1-2-19-9(7-3-4-7)11-17-6-8(5-13)10(18-11)12(14,15)16/h6-7,9H,2-5H2,1H3. The van der Waals surface area contributed by atoms with Crippen LogP contribution in [-0.2, 0) is 16.2 Å². The minimum Gasteiger partial charge on any atom is -0.370 e. The second-order valence-electron chi connectivity index (χ2n) is 4.45. The lowest BCUT2D eigenvalue weighted by atomic mass is 10.2. The Morgan fingerprint density at radius 2 is 2.16 bits per heavy atom. The molecule has 0 aromatic carbocycles. The van der Waals surface area contributed by atoms with Gasteiger partial charge in [0.2, 0.25) is 0 Å². The number of ether oxygens (including phenoxy) is 1. The van der Waals surface area contributed by atoms with Crippen LogP contribution in [0.4, 0.5) is 13.2 Å². The minimum atomic E-state index is -4.47. The monoisotopic (exact) mass is 338 g/mol. The molecular formula is C12H14BrF3N2O. The Hall–Kier alpha value is -0.690. The van der Waals surface area contributed by atoms with Gasteiger partial charge in [0.1, 0.15) is 6.10 Å². The zero-order valence-corrected chi connectivity index (χ0v) is 12.0. The number of halogens is 4. The van der Waals surface area contributed by atoms with Gasteiger partial charge in [-0.3, -0.25) is 0 Å². The van der Waals surface area contributed by atoms with E-state index in [9.17, 15) is 13.2 Å². The molecule has 1 saturated carbocycles. The summed E-state index contributed by atoms with van der Waals surface area (Å²) in [7, 11) is 0. The molecule has 1 fully saturated rings. The maximum Gasteiger partial charge on any atom is 0.433 e. The molecule has 0 radical (unpaired) electrons. The Morgan fingerprint density at radius 3 is 2.63 bits per heavy atom. The normalized spacial score (nSPS) is 17.5. The van der Waals surface area contributed by atoms with Gasteiger partial charge in [-0.2, -0.15) is 13.2 Å². The molecule has 0 bridgehead atoms. The summed E-state index contributed by atoms with van der Waals surface area (Å²) < 4.78 is 44.3. The van der Waals surface area contributed by atoms with Gasteiger partial charge in [0.15, 0.2) is 11.5 Å². The van der Waals surface area contributed by atoms with Gasteiger partial charge in [0.25, 0.3) is 0 Å². The van der Waals surface area contributed by atoms with E-state index in [-0.39, 0.29) is 22.6 Å². The first kappa shape index (κ1) is 14.7. The second kappa shape index (κ2) is 5.75. The van der Waals surface area contributed by atoms with Gasteiger partial charge in [-0.25, -0.2) is 9.97 Å². The highest BCUT2D eigenvalue weighted by Crippen LogP contribution is 2.43. The van der Waals surface area contributed by atoms with Crippen LogP contribution >= 0.6 is 15.9 Å². The van der Waals surface area contributed by atoms with E-state index in [0.29, 0.717) is 6.61 Å². The Labute approximate surface area is 117 Å². The third-order valence-electron chi connectivity index (χ3n) is 2.95. The molecule has 1 aromatic rings. The first-order valence-corrected chi connectivity index (χ1v) is 7.20. The van der Waals surface area contributed by atoms with Crippen molar-refractivity contribution in [2.45, 2.75) is 37.4 Å². The number of alkyl halides is 4. The molecule has 3 nitrogen and oxygen atoms in total. The van der Waals surface area contributed by atoms with Crippen molar-refractivity contribution in [3.63, 3.8) is 0 Å². The van der Waals surface area contributed by atoms with Crippen molar-refractivity contribution in [1.29, 1.82) is 0 Å². The van der Waals surface area contributed by atoms with E-state index < -0.39 is 18.0 Å². The Morgan fingerprint density at radius 1 is 1.47 bits per heavy atom. The average molecular weight is 339 g/mol. The summed E-state index contributed by atoms with van der Waals surface area (Å²) >= 11 is 3.02. The Balaban J connectivity index is 2.36. The zero-order valence-electron chi connectivity index (χ0n) is 10.4. The van der Waals surface area contributed by atoms with Crippen molar-refractivity contribution in [2.24, 2.45) is 5.92 Å². The maximum absolute atomic E-state index is 12.9. The average Bonchev–Trinajstić information content (AvgIpc) is 3.18. The van der Waals surface area contributed by atoms with Crippen LogP contribution in [-0.4, -0.2) is 16.6 Å². The van der Waals surface area contributed by atoms with E-state index in [1.807, 2.05) is 6.92 Å². The highest BCUT2D eigenvalue weighted by molar-refractivity contribution is 9.08. The predicted molar refractivity (Wildman–Crippen MR) is 66.8 cm³/mol. The predicted octanol–water partition coefficient (Wildman–Crippen LogP) is 3.88. The molecule has 1 aliphatic carbocycles. The molecule has 0 N–H and O–H groups in total. The molecule has 1 unspecified atom stereocenters. The summed E-state index contributed by atoms with van der Waals surface area (Å²) in [5.41, 5.74) is -0.831. The number of hydrogen-bond donors (Lipinski definition) is 0. The van der Waals surface area contributed by atoms with E-state index in [1.54, 1.807) is 0 Å². The number of hydrogen-bond acceptors (Lipinski definition) is 3. The van der Waals surface area contributed by atoms with E-state index in [1.165, 1.54) is 6.20 Å². The SMILES string of the molecule is CCOC(c1ncc(CBr)c(C(F)(F)F)n1)C1CC1. The summed E-state index contributed by atoms with van der Waals surface area (Å²) in [6, 6.07) is 0. The molecule has 19 heavy (non-hydrogen) atoms. The Bertz CT molecular complexity index is 449. The summed E-state index contributed by atoms with van der Waals surface area (Å²) in [6.07, 6.45) is -1.75. The molecule has 106 valence electrons. The van der Waals surface area contributed by atoms with E-state index in [2.05, 4.69) is 25.9 Å². The molecular weight excluding hydrogens is 325 g/mol. The largest absolute Gasteiger partial charge is 0.433 e. The van der Waals surface area contributed by atoms with Crippen LogP contribution in [0.3, 0.4) is 0 Å².